The van der Waals surface area contributed by atoms with E-state index in [0.29, 0.717) is 31.3 Å². The molecule has 0 saturated heterocycles. The Morgan fingerprint density at radius 2 is 2.24 bits per heavy atom. The molecule has 6 nitrogen and oxygen atoms in total. The summed E-state index contributed by atoms with van der Waals surface area (Å²) in [7, 11) is 1.62. The van der Waals surface area contributed by atoms with E-state index in [2.05, 4.69) is 20.6 Å². The zero-order valence-corrected chi connectivity index (χ0v) is 10.4. The highest BCUT2D eigenvalue weighted by Crippen LogP contribution is 2.19. The molecular formula is C11H18N4O2. The monoisotopic (exact) mass is 238 g/mol. The number of rotatable bonds is 6. The lowest BCUT2D eigenvalue weighted by molar-refractivity contribution is -0.120. The minimum absolute atomic E-state index is 0.00533. The molecule has 0 fully saturated rings. The molecule has 2 N–H and O–H groups in total. The van der Waals surface area contributed by atoms with Crippen molar-refractivity contribution in [3.8, 4) is 5.88 Å². The Bertz CT molecular complexity index is 382. The molecule has 0 atom stereocenters. The first kappa shape index (κ1) is 13.2. The van der Waals surface area contributed by atoms with Crippen molar-refractivity contribution in [2.45, 2.75) is 20.3 Å². The first-order chi connectivity index (χ1) is 8.19. The first-order valence-corrected chi connectivity index (χ1v) is 5.57. The number of nitrogens with one attached hydrogen (secondary N) is 2. The molecule has 17 heavy (non-hydrogen) atoms. The fourth-order valence-electron chi connectivity index (χ4n) is 1.31. The Kier molecular flexibility index (Phi) is 5.19. The van der Waals surface area contributed by atoms with Gasteiger partial charge in [0, 0.05) is 20.0 Å². The maximum atomic E-state index is 11.0. The number of hydrogen-bond donors (Lipinski definition) is 2. The van der Waals surface area contributed by atoms with Crippen LogP contribution in [0.1, 0.15) is 18.9 Å². The highest BCUT2D eigenvalue weighted by Gasteiger charge is 2.07. The molecule has 1 aromatic rings. The van der Waals surface area contributed by atoms with Crippen LogP contribution in [0.4, 0.5) is 5.82 Å². The summed E-state index contributed by atoms with van der Waals surface area (Å²) in [5, 5.41) is 5.65. The highest BCUT2D eigenvalue weighted by atomic mass is 16.5. The van der Waals surface area contributed by atoms with Crippen molar-refractivity contribution < 1.29 is 9.53 Å². The van der Waals surface area contributed by atoms with E-state index in [0.717, 1.165) is 5.56 Å². The second-order valence-corrected chi connectivity index (χ2v) is 3.44. The van der Waals surface area contributed by atoms with Crippen molar-refractivity contribution in [1.82, 2.24) is 15.3 Å². The van der Waals surface area contributed by atoms with Gasteiger partial charge >= 0.3 is 0 Å². The van der Waals surface area contributed by atoms with Gasteiger partial charge in [0.1, 0.15) is 12.1 Å². The molecule has 0 aromatic carbocycles. The molecule has 1 rings (SSSR count). The normalized spacial score (nSPS) is 9.82. The van der Waals surface area contributed by atoms with Crippen LogP contribution in [0, 0.1) is 6.92 Å². The standard InChI is InChI=1S/C11H18N4O2/c1-4-17-11-8(2)10(14-7-15-11)13-6-5-9(16)12-3/h7H,4-6H2,1-3H3,(H,12,16)(H,13,14,15). The van der Waals surface area contributed by atoms with Crippen LogP contribution in [0.2, 0.25) is 0 Å². The number of amides is 1. The molecule has 0 aliphatic heterocycles. The molecule has 0 unspecified atom stereocenters. The van der Waals surface area contributed by atoms with Crippen molar-refractivity contribution in [1.29, 1.82) is 0 Å². The quantitative estimate of drug-likeness (QED) is 0.764. The molecule has 1 heterocycles. The van der Waals surface area contributed by atoms with E-state index in [4.69, 9.17) is 4.74 Å². The van der Waals surface area contributed by atoms with Gasteiger partial charge in [0.15, 0.2) is 0 Å². The van der Waals surface area contributed by atoms with Crippen LogP contribution < -0.4 is 15.4 Å². The minimum atomic E-state index is -0.00533. The lowest BCUT2D eigenvalue weighted by atomic mass is 10.3. The zero-order chi connectivity index (χ0) is 12.7. The van der Waals surface area contributed by atoms with Crippen LogP contribution in [0.15, 0.2) is 6.33 Å². The second kappa shape index (κ2) is 6.67. The summed E-state index contributed by atoms with van der Waals surface area (Å²) >= 11 is 0. The Morgan fingerprint density at radius 3 is 2.88 bits per heavy atom. The number of hydrogen-bond acceptors (Lipinski definition) is 5. The Morgan fingerprint density at radius 1 is 1.47 bits per heavy atom. The van der Waals surface area contributed by atoms with Gasteiger partial charge in [0.05, 0.1) is 12.2 Å². The average molecular weight is 238 g/mol. The van der Waals surface area contributed by atoms with E-state index >= 15 is 0 Å². The third-order valence-corrected chi connectivity index (χ3v) is 2.24. The van der Waals surface area contributed by atoms with Gasteiger partial charge in [-0.3, -0.25) is 4.79 Å². The van der Waals surface area contributed by atoms with E-state index in [1.54, 1.807) is 7.05 Å². The summed E-state index contributed by atoms with van der Waals surface area (Å²) in [6.45, 7) is 4.88. The van der Waals surface area contributed by atoms with Crippen LogP contribution in [0.3, 0.4) is 0 Å². The predicted molar refractivity (Wildman–Crippen MR) is 65.1 cm³/mol. The molecule has 0 radical (unpaired) electrons. The van der Waals surface area contributed by atoms with Crippen molar-refractivity contribution in [2.24, 2.45) is 0 Å². The van der Waals surface area contributed by atoms with Gasteiger partial charge < -0.3 is 15.4 Å². The molecule has 94 valence electrons. The molecule has 0 saturated carbocycles. The van der Waals surface area contributed by atoms with Crippen LogP contribution in [-0.2, 0) is 4.79 Å². The summed E-state index contributed by atoms with van der Waals surface area (Å²) < 4.78 is 5.36. The minimum Gasteiger partial charge on any atom is -0.478 e. The van der Waals surface area contributed by atoms with E-state index in [-0.39, 0.29) is 5.91 Å². The molecule has 0 bridgehead atoms. The van der Waals surface area contributed by atoms with Gasteiger partial charge in [-0.2, -0.15) is 0 Å². The topological polar surface area (TPSA) is 76.1 Å². The Hall–Kier alpha value is -1.85. The van der Waals surface area contributed by atoms with Crippen LogP contribution >= 0.6 is 0 Å². The van der Waals surface area contributed by atoms with Crippen molar-refractivity contribution >= 4 is 11.7 Å². The van der Waals surface area contributed by atoms with E-state index in [1.165, 1.54) is 6.33 Å². The van der Waals surface area contributed by atoms with Crippen LogP contribution in [0.5, 0.6) is 5.88 Å². The lowest BCUT2D eigenvalue weighted by Crippen LogP contribution is -2.21. The number of anilines is 1. The predicted octanol–water partition coefficient (Wildman–Crippen LogP) is 0.732. The molecular weight excluding hydrogens is 220 g/mol. The smallest absolute Gasteiger partial charge is 0.221 e. The fourth-order valence-corrected chi connectivity index (χ4v) is 1.31. The molecule has 0 spiro atoms. The maximum absolute atomic E-state index is 11.0. The van der Waals surface area contributed by atoms with Gasteiger partial charge in [-0.15, -0.1) is 0 Å². The van der Waals surface area contributed by atoms with Gasteiger partial charge in [-0.1, -0.05) is 0 Å². The van der Waals surface area contributed by atoms with Crippen LogP contribution in [0.25, 0.3) is 0 Å². The number of carbonyl (C=O) groups is 1. The zero-order valence-electron chi connectivity index (χ0n) is 10.4. The number of aromatic nitrogens is 2. The fraction of sp³-hybridized carbons (Fsp3) is 0.545. The average Bonchev–Trinajstić information content (AvgIpc) is 2.33. The summed E-state index contributed by atoms with van der Waals surface area (Å²) in [6.07, 6.45) is 1.85. The van der Waals surface area contributed by atoms with Gasteiger partial charge in [0.25, 0.3) is 0 Å². The van der Waals surface area contributed by atoms with Crippen molar-refractivity contribution in [2.75, 3.05) is 25.5 Å². The van der Waals surface area contributed by atoms with E-state index in [1.807, 2.05) is 13.8 Å². The summed E-state index contributed by atoms with van der Waals surface area (Å²) in [6, 6.07) is 0. The molecule has 1 amide bonds. The third kappa shape index (κ3) is 3.90. The van der Waals surface area contributed by atoms with Crippen LogP contribution in [-0.4, -0.2) is 36.1 Å². The third-order valence-electron chi connectivity index (χ3n) is 2.24. The number of nitrogens with zero attached hydrogens (tertiary/aromatic N) is 2. The summed E-state index contributed by atoms with van der Waals surface area (Å²) in [5.74, 6) is 1.27. The van der Waals surface area contributed by atoms with Gasteiger partial charge in [-0.25, -0.2) is 9.97 Å². The van der Waals surface area contributed by atoms with E-state index < -0.39 is 0 Å². The Labute approximate surface area is 101 Å². The van der Waals surface area contributed by atoms with Gasteiger partial charge in [-0.05, 0) is 13.8 Å². The molecule has 0 aliphatic rings. The molecule has 6 heteroatoms. The van der Waals surface area contributed by atoms with E-state index in [9.17, 15) is 4.79 Å². The number of ether oxygens (including phenoxy) is 1. The lowest BCUT2D eigenvalue weighted by Gasteiger charge is -2.10. The maximum Gasteiger partial charge on any atom is 0.221 e. The second-order valence-electron chi connectivity index (χ2n) is 3.44. The number of carbonyl (C=O) groups excluding carboxylic acids is 1. The Balaban J connectivity index is 2.59. The SMILES string of the molecule is CCOc1ncnc(NCCC(=O)NC)c1C. The summed E-state index contributed by atoms with van der Waals surface area (Å²) in [5.41, 5.74) is 0.853. The first-order valence-electron chi connectivity index (χ1n) is 5.57. The van der Waals surface area contributed by atoms with Crippen molar-refractivity contribution in [3.05, 3.63) is 11.9 Å². The highest BCUT2D eigenvalue weighted by molar-refractivity contribution is 5.76. The largest absolute Gasteiger partial charge is 0.478 e. The molecule has 1 aromatic heterocycles. The van der Waals surface area contributed by atoms with Gasteiger partial charge in [0.2, 0.25) is 11.8 Å². The summed E-state index contributed by atoms with van der Waals surface area (Å²) in [4.78, 5) is 19.2. The molecule has 0 aliphatic carbocycles. The van der Waals surface area contributed by atoms with Crippen molar-refractivity contribution in [3.63, 3.8) is 0 Å².